The summed E-state index contributed by atoms with van der Waals surface area (Å²) in [6.45, 7) is 0. The lowest BCUT2D eigenvalue weighted by Gasteiger charge is -2.05. The van der Waals surface area contributed by atoms with Crippen molar-refractivity contribution in [3.8, 4) is 11.3 Å². The summed E-state index contributed by atoms with van der Waals surface area (Å²) in [4.78, 5) is 22.6. The maximum Gasteiger partial charge on any atom is 0.373 e. The molecule has 94 valence electrons. The van der Waals surface area contributed by atoms with Crippen LogP contribution in [0.25, 0.3) is 16.9 Å². The minimum atomic E-state index is -1.19. The molecule has 0 aromatic carbocycles. The minimum absolute atomic E-state index is 0.287. The quantitative estimate of drug-likeness (QED) is 0.774. The third kappa shape index (κ3) is 2.02. The summed E-state index contributed by atoms with van der Waals surface area (Å²) < 4.78 is 1.80. The van der Waals surface area contributed by atoms with Crippen molar-refractivity contribution in [3.05, 3.63) is 47.8 Å². The second kappa shape index (κ2) is 4.33. The molecule has 0 radical (unpaired) electrons. The number of fused-ring (bicyclic) bond motifs is 1. The van der Waals surface area contributed by atoms with Gasteiger partial charge < -0.3 is 9.51 Å². The van der Waals surface area contributed by atoms with Crippen LogP contribution >= 0.6 is 11.6 Å². The number of carboxylic acid groups (broad SMARTS) is 1. The van der Waals surface area contributed by atoms with E-state index >= 15 is 0 Å². The zero-order valence-corrected chi connectivity index (χ0v) is 10.2. The van der Waals surface area contributed by atoms with Crippen LogP contribution in [-0.4, -0.2) is 30.4 Å². The topological polar surface area (TPSA) is 80.4 Å². The predicted molar refractivity (Wildman–Crippen MR) is 68.2 cm³/mol. The highest BCUT2D eigenvalue weighted by Gasteiger charge is 2.13. The molecule has 0 aliphatic carbocycles. The normalized spacial score (nSPS) is 10.8. The van der Waals surface area contributed by atoms with E-state index in [1.54, 1.807) is 35.1 Å². The van der Waals surface area contributed by atoms with Crippen LogP contribution in [0.3, 0.4) is 0 Å². The summed E-state index contributed by atoms with van der Waals surface area (Å²) in [5.41, 5.74) is 1.86. The molecule has 0 amide bonds. The summed E-state index contributed by atoms with van der Waals surface area (Å²) >= 11 is 6.02. The lowest BCUT2D eigenvalue weighted by molar-refractivity contribution is 0.0683. The highest BCUT2D eigenvalue weighted by Crippen LogP contribution is 2.25. The lowest BCUT2D eigenvalue weighted by Crippen LogP contribution is -2.05. The second-order valence-corrected chi connectivity index (χ2v) is 4.21. The molecule has 3 aromatic heterocycles. The van der Waals surface area contributed by atoms with Crippen LogP contribution in [0.2, 0.25) is 5.02 Å². The number of rotatable bonds is 2. The molecule has 0 bridgehead atoms. The van der Waals surface area contributed by atoms with Crippen LogP contribution in [-0.2, 0) is 0 Å². The van der Waals surface area contributed by atoms with Gasteiger partial charge in [-0.2, -0.15) is 0 Å². The van der Waals surface area contributed by atoms with E-state index in [9.17, 15) is 4.79 Å². The van der Waals surface area contributed by atoms with Crippen molar-refractivity contribution >= 4 is 23.2 Å². The van der Waals surface area contributed by atoms with Crippen LogP contribution in [0.5, 0.6) is 0 Å². The summed E-state index contributed by atoms with van der Waals surface area (Å²) in [5, 5.41) is 9.20. The van der Waals surface area contributed by atoms with Gasteiger partial charge in [-0.3, -0.25) is 0 Å². The second-order valence-electron chi connectivity index (χ2n) is 3.81. The van der Waals surface area contributed by atoms with Gasteiger partial charge in [0.05, 0.1) is 16.9 Å². The van der Waals surface area contributed by atoms with E-state index in [1.807, 2.05) is 0 Å². The van der Waals surface area contributed by atoms with E-state index in [0.29, 0.717) is 16.3 Å². The Hall–Kier alpha value is -2.47. The van der Waals surface area contributed by atoms with Crippen molar-refractivity contribution in [2.45, 2.75) is 0 Å². The Morgan fingerprint density at radius 3 is 2.95 bits per heavy atom. The minimum Gasteiger partial charge on any atom is -0.475 e. The average molecular weight is 275 g/mol. The molecule has 0 saturated heterocycles. The fraction of sp³-hybridized carbons (Fsp3) is 0. The SMILES string of the molecule is O=C(O)c1ncc(Cl)c(-c2ccc3nccn3c2)n1. The van der Waals surface area contributed by atoms with Gasteiger partial charge in [0, 0.05) is 24.2 Å². The van der Waals surface area contributed by atoms with Gasteiger partial charge in [0.2, 0.25) is 5.82 Å². The molecule has 0 aliphatic heterocycles. The summed E-state index contributed by atoms with van der Waals surface area (Å²) in [6.07, 6.45) is 6.52. The third-order valence-corrected chi connectivity index (χ3v) is 2.87. The van der Waals surface area contributed by atoms with Gasteiger partial charge in [-0.05, 0) is 12.1 Å². The van der Waals surface area contributed by atoms with Crippen molar-refractivity contribution in [1.29, 1.82) is 0 Å². The van der Waals surface area contributed by atoms with Gasteiger partial charge in [-0.1, -0.05) is 11.6 Å². The van der Waals surface area contributed by atoms with E-state index in [1.165, 1.54) is 6.20 Å². The molecular formula is C12H7ClN4O2. The highest BCUT2D eigenvalue weighted by atomic mass is 35.5. The molecule has 0 unspecified atom stereocenters. The van der Waals surface area contributed by atoms with Crippen molar-refractivity contribution < 1.29 is 9.90 Å². The zero-order chi connectivity index (χ0) is 13.4. The van der Waals surface area contributed by atoms with E-state index in [2.05, 4.69) is 15.0 Å². The first kappa shape index (κ1) is 11.6. The number of nitrogens with zero attached hydrogens (tertiary/aromatic N) is 4. The third-order valence-electron chi connectivity index (χ3n) is 2.60. The number of halogens is 1. The molecule has 6 nitrogen and oxygen atoms in total. The number of hydrogen-bond donors (Lipinski definition) is 1. The number of imidazole rings is 1. The molecular weight excluding hydrogens is 268 g/mol. The Morgan fingerprint density at radius 1 is 1.32 bits per heavy atom. The molecule has 3 rings (SSSR count). The first-order chi connectivity index (χ1) is 9.15. The Bertz CT molecular complexity index is 784. The van der Waals surface area contributed by atoms with Crippen molar-refractivity contribution in [1.82, 2.24) is 19.4 Å². The standard InChI is InChI=1S/C12H7ClN4O2/c13-8-5-15-11(12(18)19)16-10(8)7-1-2-9-14-3-4-17(9)6-7/h1-6H,(H,18,19). The Labute approximate surface area is 112 Å². The largest absolute Gasteiger partial charge is 0.475 e. The molecule has 0 saturated carbocycles. The maximum absolute atomic E-state index is 10.9. The van der Waals surface area contributed by atoms with E-state index in [-0.39, 0.29) is 5.82 Å². The zero-order valence-electron chi connectivity index (χ0n) is 9.49. The Balaban J connectivity index is 2.19. The summed E-state index contributed by atoms with van der Waals surface area (Å²) in [6, 6.07) is 3.58. The average Bonchev–Trinajstić information content (AvgIpc) is 2.86. The summed E-state index contributed by atoms with van der Waals surface area (Å²) in [7, 11) is 0. The van der Waals surface area contributed by atoms with Gasteiger partial charge in [0.15, 0.2) is 0 Å². The number of pyridine rings is 1. The number of aromatic nitrogens is 4. The molecule has 3 aromatic rings. The molecule has 0 spiro atoms. The smallest absolute Gasteiger partial charge is 0.373 e. The first-order valence-electron chi connectivity index (χ1n) is 5.34. The Kier molecular flexibility index (Phi) is 2.64. The number of aromatic carboxylic acids is 1. The lowest BCUT2D eigenvalue weighted by atomic mass is 10.2. The number of carbonyl (C=O) groups is 1. The molecule has 1 N–H and O–H groups in total. The van der Waals surface area contributed by atoms with E-state index in [0.717, 1.165) is 5.65 Å². The molecule has 3 heterocycles. The number of hydrogen-bond acceptors (Lipinski definition) is 4. The van der Waals surface area contributed by atoms with Crippen LogP contribution in [0, 0.1) is 0 Å². The van der Waals surface area contributed by atoms with Gasteiger partial charge in [-0.25, -0.2) is 19.7 Å². The van der Waals surface area contributed by atoms with E-state index < -0.39 is 5.97 Å². The van der Waals surface area contributed by atoms with E-state index in [4.69, 9.17) is 16.7 Å². The van der Waals surface area contributed by atoms with Crippen LogP contribution in [0.15, 0.2) is 36.9 Å². The molecule has 0 fully saturated rings. The van der Waals surface area contributed by atoms with Crippen molar-refractivity contribution in [3.63, 3.8) is 0 Å². The maximum atomic E-state index is 10.9. The first-order valence-corrected chi connectivity index (χ1v) is 5.72. The van der Waals surface area contributed by atoms with Gasteiger partial charge in [0.25, 0.3) is 0 Å². The Morgan fingerprint density at radius 2 is 2.16 bits per heavy atom. The monoisotopic (exact) mass is 274 g/mol. The molecule has 7 heteroatoms. The van der Waals surface area contributed by atoms with Gasteiger partial charge in [0.1, 0.15) is 5.65 Å². The molecule has 19 heavy (non-hydrogen) atoms. The fourth-order valence-electron chi connectivity index (χ4n) is 1.73. The number of carboxylic acids is 1. The fourth-order valence-corrected chi connectivity index (χ4v) is 1.93. The van der Waals surface area contributed by atoms with Crippen LogP contribution < -0.4 is 0 Å². The molecule has 0 aliphatic rings. The predicted octanol–water partition coefficient (Wildman–Crippen LogP) is 2.14. The van der Waals surface area contributed by atoms with Crippen LogP contribution in [0.1, 0.15) is 10.6 Å². The summed E-state index contributed by atoms with van der Waals surface area (Å²) in [5.74, 6) is -1.48. The van der Waals surface area contributed by atoms with Crippen molar-refractivity contribution in [2.75, 3.05) is 0 Å². The molecule has 0 atom stereocenters. The van der Waals surface area contributed by atoms with Crippen LogP contribution in [0.4, 0.5) is 0 Å². The van der Waals surface area contributed by atoms with Gasteiger partial charge >= 0.3 is 5.97 Å². The highest BCUT2D eigenvalue weighted by molar-refractivity contribution is 6.32. The van der Waals surface area contributed by atoms with Crippen molar-refractivity contribution in [2.24, 2.45) is 0 Å². The van der Waals surface area contributed by atoms with Gasteiger partial charge in [-0.15, -0.1) is 0 Å².